The molecule has 1 aromatic rings. The molecule has 1 unspecified atom stereocenters. The van der Waals surface area contributed by atoms with Crippen LogP contribution in [0.4, 0.5) is 0 Å². The number of benzene rings is 1. The van der Waals surface area contributed by atoms with Crippen molar-refractivity contribution >= 4 is 33.7 Å². The number of hydrogen-bond donors (Lipinski definition) is 3. The second kappa shape index (κ2) is 7.59. The fraction of sp³-hybridized carbons (Fsp3) is 0.438. The number of aryl methyl sites for hydroxylation is 1. The summed E-state index contributed by atoms with van der Waals surface area (Å²) in [6.07, 6.45) is 2.65. The number of carbonyl (C=O) groups is 3. The maximum absolute atomic E-state index is 12.2. The Balaban J connectivity index is 1.96. The van der Waals surface area contributed by atoms with Crippen LogP contribution in [-0.2, 0) is 9.59 Å². The molecule has 0 radical (unpaired) electrons. The average Bonchev–Trinajstić information content (AvgIpc) is 2.54. The van der Waals surface area contributed by atoms with E-state index >= 15 is 0 Å². The van der Waals surface area contributed by atoms with Crippen molar-refractivity contribution in [3.05, 3.63) is 33.8 Å². The molecule has 124 valence electrons. The van der Waals surface area contributed by atoms with Gasteiger partial charge in [0.05, 0.1) is 11.8 Å². The van der Waals surface area contributed by atoms with Gasteiger partial charge in [-0.1, -0.05) is 34.8 Å². The molecule has 23 heavy (non-hydrogen) atoms. The van der Waals surface area contributed by atoms with E-state index in [0.717, 1.165) is 22.9 Å². The number of carbonyl (C=O) groups excluding carboxylic acids is 2. The first-order valence-corrected chi connectivity index (χ1v) is 8.28. The zero-order valence-electron chi connectivity index (χ0n) is 12.8. The normalized spacial score (nSPS) is 20.6. The molecule has 2 amide bonds. The molecule has 1 fully saturated rings. The molecule has 0 spiro atoms. The largest absolute Gasteiger partial charge is 0.481 e. The lowest BCUT2D eigenvalue weighted by molar-refractivity contribution is -0.149. The van der Waals surface area contributed by atoms with Gasteiger partial charge in [-0.3, -0.25) is 25.2 Å². The Hall–Kier alpha value is -1.89. The highest BCUT2D eigenvalue weighted by Gasteiger charge is 2.35. The maximum Gasteiger partial charge on any atom is 0.307 e. The van der Waals surface area contributed by atoms with Crippen LogP contribution in [0.15, 0.2) is 22.7 Å². The van der Waals surface area contributed by atoms with Gasteiger partial charge in [0.15, 0.2) is 0 Å². The van der Waals surface area contributed by atoms with Gasteiger partial charge in [0.25, 0.3) is 5.91 Å². The number of carboxylic acids is 1. The minimum absolute atomic E-state index is 0.404. The number of halogens is 1. The van der Waals surface area contributed by atoms with E-state index in [0.29, 0.717) is 18.4 Å². The van der Waals surface area contributed by atoms with E-state index < -0.39 is 29.6 Å². The van der Waals surface area contributed by atoms with Crippen molar-refractivity contribution in [3.63, 3.8) is 0 Å². The number of nitrogens with one attached hydrogen (secondary N) is 2. The number of carboxylic acid groups (broad SMARTS) is 1. The van der Waals surface area contributed by atoms with E-state index in [1.807, 2.05) is 6.92 Å². The van der Waals surface area contributed by atoms with Gasteiger partial charge < -0.3 is 5.11 Å². The summed E-state index contributed by atoms with van der Waals surface area (Å²) in [6, 6.07) is 5.11. The number of aliphatic carboxylic acids is 1. The monoisotopic (exact) mass is 382 g/mol. The predicted molar refractivity (Wildman–Crippen MR) is 87.6 cm³/mol. The molecule has 7 heteroatoms. The third-order valence-electron chi connectivity index (χ3n) is 4.15. The Kier molecular flexibility index (Phi) is 5.76. The lowest BCUT2D eigenvalue weighted by atomic mass is 9.79. The molecule has 2 atom stereocenters. The number of hydrazine groups is 1. The van der Waals surface area contributed by atoms with E-state index in [1.165, 1.54) is 0 Å². The van der Waals surface area contributed by atoms with Gasteiger partial charge in [0.2, 0.25) is 5.91 Å². The summed E-state index contributed by atoms with van der Waals surface area (Å²) in [5.74, 6) is -3.14. The van der Waals surface area contributed by atoms with Crippen LogP contribution >= 0.6 is 15.9 Å². The van der Waals surface area contributed by atoms with Gasteiger partial charge in [-0.2, -0.15) is 0 Å². The smallest absolute Gasteiger partial charge is 0.307 e. The minimum atomic E-state index is -0.960. The first-order chi connectivity index (χ1) is 10.9. The maximum atomic E-state index is 12.2. The number of hydrogen-bond acceptors (Lipinski definition) is 3. The van der Waals surface area contributed by atoms with Crippen LogP contribution in [0.5, 0.6) is 0 Å². The summed E-state index contributed by atoms with van der Waals surface area (Å²) in [7, 11) is 0. The zero-order chi connectivity index (χ0) is 17.0. The van der Waals surface area contributed by atoms with Crippen molar-refractivity contribution in [2.45, 2.75) is 32.6 Å². The lowest BCUT2D eigenvalue weighted by Crippen LogP contribution is -2.47. The van der Waals surface area contributed by atoms with Crippen molar-refractivity contribution in [1.29, 1.82) is 0 Å². The molecule has 1 aliphatic carbocycles. The fourth-order valence-electron chi connectivity index (χ4n) is 2.76. The van der Waals surface area contributed by atoms with Gasteiger partial charge in [-0.15, -0.1) is 0 Å². The summed E-state index contributed by atoms with van der Waals surface area (Å²) in [4.78, 5) is 35.4. The van der Waals surface area contributed by atoms with E-state index in [4.69, 9.17) is 0 Å². The van der Waals surface area contributed by atoms with Crippen molar-refractivity contribution in [2.75, 3.05) is 0 Å². The second-order valence-electron chi connectivity index (χ2n) is 5.74. The summed E-state index contributed by atoms with van der Waals surface area (Å²) < 4.78 is 0.801. The quantitative estimate of drug-likeness (QED) is 0.699. The van der Waals surface area contributed by atoms with Crippen molar-refractivity contribution in [2.24, 2.45) is 11.8 Å². The Morgan fingerprint density at radius 1 is 1.13 bits per heavy atom. The Labute approximate surface area is 142 Å². The van der Waals surface area contributed by atoms with Crippen LogP contribution < -0.4 is 10.9 Å². The molecule has 3 N–H and O–H groups in total. The highest BCUT2D eigenvalue weighted by Crippen LogP contribution is 2.30. The highest BCUT2D eigenvalue weighted by atomic mass is 79.9. The van der Waals surface area contributed by atoms with Crippen LogP contribution in [-0.4, -0.2) is 22.9 Å². The highest BCUT2D eigenvalue weighted by molar-refractivity contribution is 9.10. The predicted octanol–water partition coefficient (Wildman–Crippen LogP) is 2.41. The fourth-order valence-corrected chi connectivity index (χ4v) is 3.14. The van der Waals surface area contributed by atoms with E-state index in [1.54, 1.807) is 18.2 Å². The molecule has 0 aliphatic heterocycles. The third kappa shape index (κ3) is 4.31. The van der Waals surface area contributed by atoms with Crippen LogP contribution in [0.3, 0.4) is 0 Å². The Morgan fingerprint density at radius 3 is 2.39 bits per heavy atom. The van der Waals surface area contributed by atoms with Crippen LogP contribution in [0.25, 0.3) is 0 Å². The standard InChI is InChI=1S/C16H19BrN2O4/c1-9-6-7-10(8-13(9)17)14(20)18-19-15(21)11-4-2-3-5-12(11)16(22)23/h6-8,11-12H,2-5H2,1H3,(H,18,20)(H,19,21)(H,22,23)/t11?,12-/m0/s1. The second-order valence-corrected chi connectivity index (χ2v) is 6.60. The summed E-state index contributed by atoms with van der Waals surface area (Å²) in [5.41, 5.74) is 6.10. The van der Waals surface area contributed by atoms with Crippen LogP contribution in [0.2, 0.25) is 0 Å². The first kappa shape index (κ1) is 17.5. The van der Waals surface area contributed by atoms with E-state index in [9.17, 15) is 19.5 Å². The Morgan fingerprint density at radius 2 is 1.78 bits per heavy atom. The van der Waals surface area contributed by atoms with Crippen molar-refractivity contribution in [3.8, 4) is 0 Å². The van der Waals surface area contributed by atoms with E-state index in [-0.39, 0.29) is 0 Å². The van der Waals surface area contributed by atoms with E-state index in [2.05, 4.69) is 26.8 Å². The SMILES string of the molecule is Cc1ccc(C(=O)NNC(=O)C2CCCC[C@@H]2C(=O)O)cc1Br. The van der Waals surface area contributed by atoms with Crippen molar-refractivity contribution < 1.29 is 19.5 Å². The molecule has 1 aromatic carbocycles. The molecule has 6 nitrogen and oxygen atoms in total. The average molecular weight is 383 g/mol. The van der Waals surface area contributed by atoms with Gasteiger partial charge in [-0.05, 0) is 37.5 Å². The molecule has 1 saturated carbocycles. The molecule has 0 bridgehead atoms. The molecule has 0 aromatic heterocycles. The van der Waals surface area contributed by atoms with Crippen molar-refractivity contribution in [1.82, 2.24) is 10.9 Å². The van der Waals surface area contributed by atoms with Gasteiger partial charge >= 0.3 is 5.97 Å². The molecular formula is C16H19BrN2O4. The molecular weight excluding hydrogens is 364 g/mol. The number of rotatable bonds is 3. The van der Waals surface area contributed by atoms with Gasteiger partial charge in [0.1, 0.15) is 0 Å². The third-order valence-corrected chi connectivity index (χ3v) is 5.01. The molecule has 1 aliphatic rings. The van der Waals surface area contributed by atoms with Crippen LogP contribution in [0, 0.1) is 18.8 Å². The molecule has 0 heterocycles. The van der Waals surface area contributed by atoms with Crippen LogP contribution in [0.1, 0.15) is 41.6 Å². The molecule has 2 rings (SSSR count). The lowest BCUT2D eigenvalue weighted by Gasteiger charge is -2.27. The molecule has 0 saturated heterocycles. The minimum Gasteiger partial charge on any atom is -0.481 e. The van der Waals surface area contributed by atoms with Gasteiger partial charge in [0, 0.05) is 10.0 Å². The summed E-state index contributed by atoms with van der Waals surface area (Å²) in [6.45, 7) is 1.91. The number of amides is 2. The summed E-state index contributed by atoms with van der Waals surface area (Å²) >= 11 is 3.35. The zero-order valence-corrected chi connectivity index (χ0v) is 14.4. The first-order valence-electron chi connectivity index (χ1n) is 7.49. The Bertz CT molecular complexity index is 633. The topological polar surface area (TPSA) is 95.5 Å². The summed E-state index contributed by atoms with van der Waals surface area (Å²) in [5, 5.41) is 9.20. The van der Waals surface area contributed by atoms with Gasteiger partial charge in [-0.25, -0.2) is 0 Å².